The number of carbonyl (C=O) groups is 1. The average molecular weight is 481 g/mol. The number of rotatable bonds is 6. The zero-order chi connectivity index (χ0) is 25.3. The molecule has 0 fully saturated rings. The number of aryl methyl sites for hydroxylation is 1. The van der Waals surface area contributed by atoms with E-state index in [1.54, 1.807) is 12.1 Å². The number of hydrogen-bond acceptors (Lipinski definition) is 3. The van der Waals surface area contributed by atoms with Gasteiger partial charge in [0.1, 0.15) is 23.5 Å². The van der Waals surface area contributed by atoms with Gasteiger partial charge < -0.3 is 10.3 Å². The van der Waals surface area contributed by atoms with Crippen LogP contribution in [0.1, 0.15) is 35.7 Å². The maximum Gasteiger partial charge on any atom is 0.329 e. The van der Waals surface area contributed by atoms with Crippen molar-refractivity contribution in [2.24, 2.45) is 0 Å². The molecule has 1 aromatic heterocycles. The Morgan fingerprint density at radius 3 is 2.40 bits per heavy atom. The molecule has 0 radical (unpaired) electrons. The van der Waals surface area contributed by atoms with Gasteiger partial charge in [0.2, 0.25) is 5.91 Å². The highest BCUT2D eigenvalue weighted by Crippen LogP contribution is 2.21. The summed E-state index contributed by atoms with van der Waals surface area (Å²) in [6, 6.07) is 11.3. The highest BCUT2D eigenvalue weighted by Gasteiger charge is 2.28. The summed E-state index contributed by atoms with van der Waals surface area (Å²) in [5.41, 5.74) is 0.0323. The van der Waals surface area contributed by atoms with Gasteiger partial charge in [-0.15, -0.1) is 0 Å². The minimum atomic E-state index is -1.33. The van der Waals surface area contributed by atoms with Crippen molar-refractivity contribution in [2.75, 3.05) is 0 Å². The molecular formula is C26H22F3N3O3. The molecule has 4 aromatic rings. The minimum absolute atomic E-state index is 0.0268. The molecule has 0 spiro atoms. The van der Waals surface area contributed by atoms with E-state index in [2.05, 4.69) is 10.3 Å². The number of amides is 1. The first-order valence-electron chi connectivity index (χ1n) is 10.9. The molecule has 180 valence electrons. The molecule has 2 atom stereocenters. The lowest BCUT2D eigenvalue weighted by Gasteiger charge is -2.23. The average Bonchev–Trinajstić information content (AvgIpc) is 2.80. The highest BCUT2D eigenvalue weighted by atomic mass is 19.1. The maximum atomic E-state index is 14.3. The lowest BCUT2D eigenvalue weighted by molar-refractivity contribution is -0.125. The lowest BCUT2D eigenvalue weighted by atomic mass is 9.99. The van der Waals surface area contributed by atoms with Crippen LogP contribution in [0.5, 0.6) is 0 Å². The Bertz CT molecular complexity index is 1540. The molecule has 2 N–H and O–H groups in total. The molecule has 0 saturated carbocycles. The minimum Gasteiger partial charge on any atom is -0.348 e. The van der Waals surface area contributed by atoms with E-state index in [-0.39, 0.29) is 22.9 Å². The Morgan fingerprint density at radius 1 is 1.00 bits per heavy atom. The van der Waals surface area contributed by atoms with Crippen LogP contribution in [0.4, 0.5) is 13.2 Å². The third kappa shape index (κ3) is 4.89. The molecule has 35 heavy (non-hydrogen) atoms. The Labute approximate surface area is 198 Å². The van der Waals surface area contributed by atoms with Gasteiger partial charge in [0, 0.05) is 18.1 Å². The van der Waals surface area contributed by atoms with Crippen molar-refractivity contribution in [3.8, 4) is 0 Å². The van der Waals surface area contributed by atoms with Crippen molar-refractivity contribution in [1.82, 2.24) is 14.9 Å². The molecule has 0 unspecified atom stereocenters. The number of aromatic amines is 1. The topological polar surface area (TPSA) is 84.0 Å². The van der Waals surface area contributed by atoms with Crippen molar-refractivity contribution in [3.63, 3.8) is 0 Å². The number of nitrogens with one attached hydrogen (secondary N) is 2. The number of benzene rings is 3. The predicted molar refractivity (Wildman–Crippen MR) is 126 cm³/mol. The van der Waals surface area contributed by atoms with Crippen LogP contribution in [-0.4, -0.2) is 15.5 Å². The van der Waals surface area contributed by atoms with Gasteiger partial charge in [-0.05, 0) is 49.2 Å². The number of carbonyl (C=O) groups excluding carboxylic acids is 1. The van der Waals surface area contributed by atoms with Gasteiger partial charge in [0.25, 0.3) is 5.56 Å². The maximum absolute atomic E-state index is 14.3. The van der Waals surface area contributed by atoms with Crippen LogP contribution in [0.3, 0.4) is 0 Å². The number of hydrogen-bond donors (Lipinski definition) is 2. The number of nitrogens with zero attached hydrogens (tertiary/aromatic N) is 1. The number of fused-ring (bicyclic) bond motifs is 1. The zero-order valence-electron chi connectivity index (χ0n) is 18.9. The highest BCUT2D eigenvalue weighted by molar-refractivity contribution is 5.82. The number of aromatic nitrogens is 2. The van der Waals surface area contributed by atoms with E-state index in [0.29, 0.717) is 11.6 Å². The molecule has 0 bridgehead atoms. The fourth-order valence-corrected chi connectivity index (χ4v) is 4.07. The second-order valence-corrected chi connectivity index (χ2v) is 8.34. The summed E-state index contributed by atoms with van der Waals surface area (Å²) in [5.74, 6) is -3.01. The Hall–Kier alpha value is -4.14. The summed E-state index contributed by atoms with van der Waals surface area (Å²) in [5, 5.41) is 2.53. The monoisotopic (exact) mass is 481 g/mol. The van der Waals surface area contributed by atoms with Gasteiger partial charge in [-0.1, -0.05) is 30.3 Å². The molecule has 6 nitrogen and oxygen atoms in total. The molecular weight excluding hydrogens is 459 g/mol. The molecule has 0 aliphatic rings. The standard InChI is InChI=1S/C26H22F3N3O3/c1-14-5-3-4-6-16(14)11-23(24(33)30-15(2)19-9-7-18(28)13-21(19)29)32-25(34)20-12-17(27)8-10-22(20)31-26(32)35/h3-10,12-13,15,23H,11H2,1-2H3,(H,30,33)(H,31,35)/t15-,23+/m1/s1. The van der Waals surface area contributed by atoms with Gasteiger partial charge >= 0.3 is 5.69 Å². The summed E-state index contributed by atoms with van der Waals surface area (Å²) >= 11 is 0. The van der Waals surface area contributed by atoms with Crippen LogP contribution < -0.4 is 16.6 Å². The van der Waals surface area contributed by atoms with Crippen LogP contribution in [0.25, 0.3) is 10.9 Å². The summed E-state index contributed by atoms with van der Waals surface area (Å²) in [4.78, 5) is 42.2. The van der Waals surface area contributed by atoms with Gasteiger partial charge in [-0.2, -0.15) is 0 Å². The fourth-order valence-electron chi connectivity index (χ4n) is 4.07. The zero-order valence-corrected chi connectivity index (χ0v) is 18.9. The quantitative estimate of drug-likeness (QED) is 0.435. The Kier molecular flexibility index (Phi) is 6.59. The molecule has 0 aliphatic carbocycles. The second kappa shape index (κ2) is 9.61. The summed E-state index contributed by atoms with van der Waals surface area (Å²) < 4.78 is 42.2. The third-order valence-corrected chi connectivity index (χ3v) is 5.97. The van der Waals surface area contributed by atoms with Crippen molar-refractivity contribution in [2.45, 2.75) is 32.4 Å². The molecule has 3 aromatic carbocycles. The molecule has 1 amide bonds. The van der Waals surface area contributed by atoms with Gasteiger partial charge in [-0.25, -0.2) is 22.5 Å². The smallest absolute Gasteiger partial charge is 0.329 e. The molecule has 1 heterocycles. The second-order valence-electron chi connectivity index (χ2n) is 8.34. The van der Waals surface area contributed by atoms with Crippen molar-refractivity contribution >= 4 is 16.8 Å². The molecule has 0 aliphatic heterocycles. The van der Waals surface area contributed by atoms with Crippen LogP contribution in [0, 0.1) is 24.4 Å². The summed E-state index contributed by atoms with van der Waals surface area (Å²) in [7, 11) is 0. The first-order chi connectivity index (χ1) is 16.7. The van der Waals surface area contributed by atoms with E-state index in [4.69, 9.17) is 0 Å². The van der Waals surface area contributed by atoms with E-state index >= 15 is 0 Å². The van der Waals surface area contributed by atoms with Crippen molar-refractivity contribution in [3.05, 3.63) is 116 Å². The number of H-pyrrole nitrogens is 1. The molecule has 4 rings (SSSR count). The normalized spacial score (nSPS) is 12.9. The summed E-state index contributed by atoms with van der Waals surface area (Å²) in [6.07, 6.45) is -0.0268. The third-order valence-electron chi connectivity index (χ3n) is 5.97. The Morgan fingerprint density at radius 2 is 1.69 bits per heavy atom. The van der Waals surface area contributed by atoms with E-state index in [0.717, 1.165) is 28.3 Å². The van der Waals surface area contributed by atoms with E-state index in [1.807, 2.05) is 19.1 Å². The first kappa shape index (κ1) is 24.0. The van der Waals surface area contributed by atoms with Crippen LogP contribution in [-0.2, 0) is 11.2 Å². The largest absolute Gasteiger partial charge is 0.348 e. The van der Waals surface area contributed by atoms with Gasteiger partial charge in [-0.3, -0.25) is 9.59 Å². The van der Waals surface area contributed by atoms with Crippen LogP contribution in [0.2, 0.25) is 0 Å². The van der Waals surface area contributed by atoms with Crippen LogP contribution in [0.15, 0.2) is 70.3 Å². The van der Waals surface area contributed by atoms with Gasteiger partial charge in [0.15, 0.2) is 0 Å². The Balaban J connectivity index is 1.80. The van der Waals surface area contributed by atoms with E-state index in [9.17, 15) is 27.6 Å². The molecule has 9 heteroatoms. The van der Waals surface area contributed by atoms with Crippen molar-refractivity contribution < 1.29 is 18.0 Å². The number of halogens is 3. The van der Waals surface area contributed by atoms with E-state index < -0.39 is 46.7 Å². The first-order valence-corrected chi connectivity index (χ1v) is 10.9. The predicted octanol–water partition coefficient (Wildman–Crippen LogP) is 4.08. The fraction of sp³-hybridized carbons (Fsp3) is 0.192. The SMILES string of the molecule is Cc1ccccc1C[C@@H](C(=O)N[C@H](C)c1ccc(F)cc1F)n1c(=O)[nH]c2ccc(F)cc2c1=O. The summed E-state index contributed by atoms with van der Waals surface area (Å²) in [6.45, 7) is 3.32. The van der Waals surface area contributed by atoms with Crippen molar-refractivity contribution in [1.29, 1.82) is 0 Å². The van der Waals surface area contributed by atoms with E-state index in [1.165, 1.54) is 19.1 Å². The molecule has 0 saturated heterocycles. The van der Waals surface area contributed by atoms with Gasteiger partial charge in [0.05, 0.1) is 16.9 Å². The van der Waals surface area contributed by atoms with Crippen LogP contribution >= 0.6 is 0 Å². The lowest BCUT2D eigenvalue weighted by Crippen LogP contribution is -2.46.